The van der Waals surface area contributed by atoms with Crippen LogP contribution in [0.5, 0.6) is 5.75 Å². The average Bonchev–Trinajstić information content (AvgIpc) is 2.88. The van der Waals surface area contributed by atoms with Gasteiger partial charge in [0.2, 0.25) is 0 Å². The van der Waals surface area contributed by atoms with Crippen molar-refractivity contribution < 1.29 is 27.5 Å². The highest BCUT2D eigenvalue weighted by Gasteiger charge is 2.40. The van der Waals surface area contributed by atoms with Gasteiger partial charge in [-0.1, -0.05) is 12.1 Å². The molecule has 0 aromatic heterocycles. The van der Waals surface area contributed by atoms with Crippen molar-refractivity contribution in [2.45, 2.75) is 9.79 Å². The van der Waals surface area contributed by atoms with Gasteiger partial charge in [0.25, 0.3) is 15.9 Å². The molecule has 1 aliphatic heterocycles. The fraction of sp³-hybridized carbons (Fsp3) is 0.222. The van der Waals surface area contributed by atoms with Crippen molar-refractivity contribution in [3.63, 3.8) is 0 Å². The van der Waals surface area contributed by atoms with E-state index >= 15 is 0 Å². The molecule has 27 heavy (non-hydrogen) atoms. The summed E-state index contributed by atoms with van der Waals surface area (Å²) in [6.07, 6.45) is 1.90. The molecule has 0 fully saturated rings. The minimum absolute atomic E-state index is 0.0318. The van der Waals surface area contributed by atoms with E-state index < -0.39 is 21.9 Å². The molecule has 0 N–H and O–H groups in total. The van der Waals surface area contributed by atoms with Gasteiger partial charge in [0, 0.05) is 4.90 Å². The molecule has 0 saturated heterocycles. The number of hydrogen-bond acceptors (Lipinski definition) is 7. The molecule has 0 spiro atoms. The molecule has 0 radical (unpaired) electrons. The zero-order valence-corrected chi connectivity index (χ0v) is 16.3. The normalized spacial score (nSPS) is 14.7. The first-order chi connectivity index (χ1) is 12.9. The van der Waals surface area contributed by atoms with Crippen LogP contribution in [0.25, 0.3) is 0 Å². The molecular formula is C18H17NO6S2. The number of sulfonamides is 1. The van der Waals surface area contributed by atoms with Gasteiger partial charge >= 0.3 is 5.97 Å². The lowest BCUT2D eigenvalue weighted by molar-refractivity contribution is 0.0474. The highest BCUT2D eigenvalue weighted by molar-refractivity contribution is 7.98. The lowest BCUT2D eigenvalue weighted by Crippen LogP contribution is -2.33. The fourth-order valence-corrected chi connectivity index (χ4v) is 4.70. The summed E-state index contributed by atoms with van der Waals surface area (Å²) in [4.78, 5) is 25.5. The Labute approximate surface area is 161 Å². The lowest BCUT2D eigenvalue weighted by atomic mass is 10.2. The van der Waals surface area contributed by atoms with Crippen LogP contribution in [0.1, 0.15) is 20.7 Å². The molecule has 1 heterocycles. The Hall–Kier alpha value is -2.52. The molecule has 142 valence electrons. The minimum atomic E-state index is -3.91. The third-order valence-electron chi connectivity index (χ3n) is 4.07. The molecule has 0 unspecified atom stereocenters. The number of esters is 1. The molecule has 7 nitrogen and oxygen atoms in total. The first kappa shape index (κ1) is 19.2. The van der Waals surface area contributed by atoms with Crippen LogP contribution in [0.4, 0.5) is 0 Å². The maximum atomic E-state index is 12.5. The summed E-state index contributed by atoms with van der Waals surface area (Å²) in [5, 5.41) is 0. The van der Waals surface area contributed by atoms with Gasteiger partial charge in [-0.05, 0) is 36.6 Å². The zero-order chi connectivity index (χ0) is 19.6. The maximum Gasteiger partial charge on any atom is 0.341 e. The molecule has 9 heteroatoms. The summed E-state index contributed by atoms with van der Waals surface area (Å²) < 4.78 is 36.0. The summed E-state index contributed by atoms with van der Waals surface area (Å²) in [5.74, 6) is -0.909. The van der Waals surface area contributed by atoms with Crippen LogP contribution in [-0.4, -0.2) is 51.1 Å². The van der Waals surface area contributed by atoms with Crippen LogP contribution in [0.2, 0.25) is 0 Å². The third kappa shape index (κ3) is 3.52. The second-order valence-electron chi connectivity index (χ2n) is 5.58. The van der Waals surface area contributed by atoms with E-state index in [-0.39, 0.29) is 29.2 Å². The number of rotatable bonds is 6. The smallest absolute Gasteiger partial charge is 0.341 e. The summed E-state index contributed by atoms with van der Waals surface area (Å²) in [6.45, 7) is -0.516. The number of benzene rings is 2. The summed E-state index contributed by atoms with van der Waals surface area (Å²) in [6, 6.07) is 11.0. The van der Waals surface area contributed by atoms with E-state index in [2.05, 4.69) is 0 Å². The van der Waals surface area contributed by atoms with Crippen molar-refractivity contribution in [2.75, 3.05) is 26.5 Å². The van der Waals surface area contributed by atoms with E-state index in [4.69, 9.17) is 9.47 Å². The van der Waals surface area contributed by atoms with Crippen LogP contribution in [0, 0.1) is 0 Å². The Morgan fingerprint density at radius 3 is 2.59 bits per heavy atom. The monoisotopic (exact) mass is 407 g/mol. The predicted octanol–water partition coefficient (Wildman–Crippen LogP) is 2.42. The highest BCUT2D eigenvalue weighted by atomic mass is 32.2. The SMILES string of the molecule is COc1cc(SC)ccc1C(=O)OCCN1C(=O)c2ccccc2S1(=O)=O. The predicted molar refractivity (Wildman–Crippen MR) is 99.7 cm³/mol. The second kappa shape index (κ2) is 7.61. The van der Waals surface area contributed by atoms with Crippen molar-refractivity contribution in [3.05, 3.63) is 53.6 Å². The highest BCUT2D eigenvalue weighted by Crippen LogP contribution is 2.30. The Kier molecular flexibility index (Phi) is 5.43. The number of carbonyl (C=O) groups is 2. The Bertz CT molecular complexity index is 1000. The molecule has 2 aromatic carbocycles. The van der Waals surface area contributed by atoms with Crippen molar-refractivity contribution in [3.8, 4) is 5.75 Å². The molecule has 0 atom stereocenters. The zero-order valence-electron chi connectivity index (χ0n) is 14.7. The molecule has 1 amide bonds. The van der Waals surface area contributed by atoms with Gasteiger partial charge in [0.15, 0.2) is 0 Å². The number of carbonyl (C=O) groups excluding carboxylic acids is 2. The topological polar surface area (TPSA) is 90.0 Å². The van der Waals surface area contributed by atoms with Crippen molar-refractivity contribution in [1.29, 1.82) is 0 Å². The van der Waals surface area contributed by atoms with Crippen molar-refractivity contribution in [1.82, 2.24) is 4.31 Å². The van der Waals surface area contributed by atoms with Gasteiger partial charge in [-0.25, -0.2) is 17.5 Å². The number of nitrogens with zero attached hydrogens (tertiary/aromatic N) is 1. The Balaban J connectivity index is 1.69. The van der Waals surface area contributed by atoms with E-state index in [1.165, 1.54) is 31.0 Å². The van der Waals surface area contributed by atoms with Gasteiger partial charge < -0.3 is 9.47 Å². The second-order valence-corrected chi connectivity index (χ2v) is 8.29. The fourth-order valence-electron chi connectivity index (χ4n) is 2.72. The third-order valence-corrected chi connectivity index (χ3v) is 6.63. The minimum Gasteiger partial charge on any atom is -0.496 e. The van der Waals surface area contributed by atoms with E-state index in [1.54, 1.807) is 30.3 Å². The molecule has 0 aliphatic carbocycles. The molecular weight excluding hydrogens is 390 g/mol. The number of ether oxygens (including phenoxy) is 2. The largest absolute Gasteiger partial charge is 0.496 e. The number of fused-ring (bicyclic) bond motifs is 1. The van der Waals surface area contributed by atoms with Crippen molar-refractivity contribution in [2.24, 2.45) is 0 Å². The summed E-state index contributed by atoms with van der Waals surface area (Å²) in [7, 11) is -2.47. The molecule has 3 rings (SSSR count). The Morgan fingerprint density at radius 2 is 1.93 bits per heavy atom. The van der Waals surface area contributed by atoms with E-state index in [0.29, 0.717) is 5.75 Å². The molecule has 0 bridgehead atoms. The van der Waals surface area contributed by atoms with Gasteiger partial charge in [0.05, 0.1) is 19.2 Å². The maximum absolute atomic E-state index is 12.5. The van der Waals surface area contributed by atoms with Crippen LogP contribution in [0.3, 0.4) is 0 Å². The summed E-state index contributed by atoms with van der Waals surface area (Å²) in [5.41, 5.74) is 0.354. The van der Waals surface area contributed by atoms with Crippen LogP contribution < -0.4 is 4.74 Å². The van der Waals surface area contributed by atoms with Crippen LogP contribution in [0.15, 0.2) is 52.3 Å². The molecule has 1 aliphatic rings. The number of methoxy groups -OCH3 is 1. The average molecular weight is 407 g/mol. The van der Waals surface area contributed by atoms with Crippen LogP contribution in [-0.2, 0) is 14.8 Å². The van der Waals surface area contributed by atoms with Gasteiger partial charge in [0.1, 0.15) is 22.8 Å². The first-order valence-electron chi connectivity index (χ1n) is 7.95. The van der Waals surface area contributed by atoms with Gasteiger partial charge in [-0.2, -0.15) is 0 Å². The van der Waals surface area contributed by atoms with E-state index in [9.17, 15) is 18.0 Å². The summed E-state index contributed by atoms with van der Waals surface area (Å²) >= 11 is 1.50. The first-order valence-corrected chi connectivity index (χ1v) is 10.6. The van der Waals surface area contributed by atoms with Crippen molar-refractivity contribution >= 4 is 33.7 Å². The molecule has 2 aromatic rings. The Morgan fingerprint density at radius 1 is 1.19 bits per heavy atom. The van der Waals surface area contributed by atoms with E-state index in [0.717, 1.165) is 9.20 Å². The van der Waals surface area contributed by atoms with Crippen LogP contribution >= 0.6 is 11.8 Å². The number of amides is 1. The van der Waals surface area contributed by atoms with Gasteiger partial charge in [-0.3, -0.25) is 4.79 Å². The lowest BCUT2D eigenvalue weighted by Gasteiger charge is -2.15. The standard InChI is InChI=1S/C18H17NO6S2/c1-24-15-11-12(26-2)7-8-13(15)18(21)25-10-9-19-17(20)14-5-3-4-6-16(14)27(19,22)23/h3-8,11H,9-10H2,1-2H3. The van der Waals surface area contributed by atoms with Gasteiger partial charge in [-0.15, -0.1) is 11.8 Å². The quantitative estimate of drug-likeness (QED) is 0.536. The number of thioether (sulfide) groups is 1. The van der Waals surface area contributed by atoms with E-state index in [1.807, 2.05) is 6.26 Å². The molecule has 0 saturated carbocycles. The number of hydrogen-bond donors (Lipinski definition) is 0.